The largest absolute Gasteiger partial charge is 0.390 e. The third kappa shape index (κ3) is 4.28. The van der Waals surface area contributed by atoms with E-state index in [0.29, 0.717) is 25.3 Å². The maximum Gasteiger partial charge on any atom is 0.252 e. The van der Waals surface area contributed by atoms with Crippen LogP contribution in [0.3, 0.4) is 0 Å². The number of thiophene rings is 1. The lowest BCUT2D eigenvalue weighted by Crippen LogP contribution is -2.44. The molecule has 5 nitrogen and oxygen atoms in total. The SMILES string of the molecule is Cc1cc(C(=O)NCC(O)CN2CCOCC2)c(C)s1. The molecule has 2 N–H and O–H groups in total. The Morgan fingerprint density at radius 1 is 1.50 bits per heavy atom. The van der Waals surface area contributed by atoms with Crippen molar-refractivity contribution in [2.75, 3.05) is 39.4 Å². The summed E-state index contributed by atoms with van der Waals surface area (Å²) < 4.78 is 5.26. The van der Waals surface area contributed by atoms with Gasteiger partial charge < -0.3 is 15.2 Å². The molecule has 0 spiro atoms. The fraction of sp³-hybridized carbons (Fsp3) is 0.643. The third-order valence-corrected chi connectivity index (χ3v) is 4.32. The highest BCUT2D eigenvalue weighted by atomic mass is 32.1. The molecule has 1 saturated heterocycles. The van der Waals surface area contributed by atoms with E-state index in [1.165, 1.54) is 0 Å². The smallest absolute Gasteiger partial charge is 0.252 e. The van der Waals surface area contributed by atoms with E-state index in [0.717, 1.165) is 22.8 Å². The number of hydrogen-bond donors (Lipinski definition) is 2. The fourth-order valence-corrected chi connectivity index (χ4v) is 3.23. The highest BCUT2D eigenvalue weighted by Crippen LogP contribution is 2.20. The van der Waals surface area contributed by atoms with Crippen molar-refractivity contribution in [2.24, 2.45) is 0 Å². The monoisotopic (exact) mass is 298 g/mol. The van der Waals surface area contributed by atoms with E-state index in [4.69, 9.17) is 4.74 Å². The average Bonchev–Trinajstić information content (AvgIpc) is 2.76. The van der Waals surface area contributed by atoms with Gasteiger partial charge in [-0.2, -0.15) is 0 Å². The van der Waals surface area contributed by atoms with Gasteiger partial charge >= 0.3 is 0 Å². The maximum absolute atomic E-state index is 12.0. The van der Waals surface area contributed by atoms with E-state index in [1.807, 2.05) is 19.9 Å². The first-order chi connectivity index (χ1) is 9.56. The van der Waals surface area contributed by atoms with Crippen LogP contribution in [-0.4, -0.2) is 61.4 Å². The van der Waals surface area contributed by atoms with Crippen molar-refractivity contribution in [1.82, 2.24) is 10.2 Å². The minimum atomic E-state index is -0.544. The summed E-state index contributed by atoms with van der Waals surface area (Å²) >= 11 is 1.61. The van der Waals surface area contributed by atoms with Crippen LogP contribution < -0.4 is 5.32 Å². The number of aryl methyl sites for hydroxylation is 2. The number of amides is 1. The number of carbonyl (C=O) groups is 1. The lowest BCUT2D eigenvalue weighted by molar-refractivity contribution is 0.0149. The molecule has 1 aromatic heterocycles. The Morgan fingerprint density at radius 2 is 2.20 bits per heavy atom. The van der Waals surface area contributed by atoms with Crippen molar-refractivity contribution in [1.29, 1.82) is 0 Å². The van der Waals surface area contributed by atoms with Crippen molar-refractivity contribution >= 4 is 17.2 Å². The van der Waals surface area contributed by atoms with Gasteiger partial charge in [-0.15, -0.1) is 11.3 Å². The second kappa shape index (κ2) is 7.17. The number of nitrogens with zero attached hydrogens (tertiary/aromatic N) is 1. The molecule has 0 aliphatic carbocycles. The molecule has 20 heavy (non-hydrogen) atoms. The molecule has 0 aromatic carbocycles. The first-order valence-electron chi connectivity index (χ1n) is 6.89. The number of ether oxygens (including phenoxy) is 1. The normalized spacial score (nSPS) is 17.9. The molecule has 1 aliphatic heterocycles. The highest BCUT2D eigenvalue weighted by Gasteiger charge is 2.17. The topological polar surface area (TPSA) is 61.8 Å². The molecular formula is C14H22N2O3S. The second-order valence-corrected chi connectivity index (χ2v) is 6.56. The molecular weight excluding hydrogens is 276 g/mol. The van der Waals surface area contributed by atoms with E-state index in [9.17, 15) is 9.90 Å². The van der Waals surface area contributed by atoms with Crippen molar-refractivity contribution < 1.29 is 14.6 Å². The van der Waals surface area contributed by atoms with E-state index in [1.54, 1.807) is 11.3 Å². The molecule has 1 aromatic rings. The first-order valence-corrected chi connectivity index (χ1v) is 7.71. The van der Waals surface area contributed by atoms with Gasteiger partial charge in [0.05, 0.1) is 24.9 Å². The number of rotatable bonds is 5. The molecule has 6 heteroatoms. The lowest BCUT2D eigenvalue weighted by atomic mass is 10.2. The molecule has 1 atom stereocenters. The van der Waals surface area contributed by atoms with E-state index in [-0.39, 0.29) is 12.5 Å². The van der Waals surface area contributed by atoms with Crippen LogP contribution in [0.4, 0.5) is 0 Å². The standard InChI is InChI=1S/C14H22N2O3S/c1-10-7-13(11(2)20-10)14(18)15-8-12(17)9-16-3-5-19-6-4-16/h7,12,17H,3-6,8-9H2,1-2H3,(H,15,18). The van der Waals surface area contributed by atoms with Gasteiger partial charge in [-0.25, -0.2) is 0 Å². The predicted octanol–water partition coefficient (Wildman–Crippen LogP) is 0.788. The molecule has 1 fully saturated rings. The van der Waals surface area contributed by atoms with Crippen LogP contribution >= 0.6 is 11.3 Å². The Labute approximate surface area is 123 Å². The minimum absolute atomic E-state index is 0.104. The summed E-state index contributed by atoms with van der Waals surface area (Å²) in [5.74, 6) is -0.104. The highest BCUT2D eigenvalue weighted by molar-refractivity contribution is 7.12. The number of morpholine rings is 1. The Hall–Kier alpha value is -0.950. The zero-order valence-corrected chi connectivity index (χ0v) is 12.8. The number of β-amino-alcohol motifs (C(OH)–C–C–N with tert-alkyl or cyclic N) is 1. The van der Waals surface area contributed by atoms with Crippen LogP contribution in [-0.2, 0) is 4.74 Å². The summed E-state index contributed by atoms with van der Waals surface area (Å²) in [5.41, 5.74) is 0.714. The van der Waals surface area contributed by atoms with Crippen molar-refractivity contribution in [3.05, 3.63) is 21.4 Å². The van der Waals surface area contributed by atoms with E-state index >= 15 is 0 Å². The van der Waals surface area contributed by atoms with Crippen LogP contribution in [0.1, 0.15) is 20.1 Å². The van der Waals surface area contributed by atoms with E-state index in [2.05, 4.69) is 10.2 Å². The van der Waals surface area contributed by atoms with Crippen molar-refractivity contribution in [2.45, 2.75) is 20.0 Å². The molecule has 2 rings (SSSR count). The van der Waals surface area contributed by atoms with Gasteiger partial charge in [0.1, 0.15) is 0 Å². The summed E-state index contributed by atoms with van der Waals surface area (Å²) in [6, 6.07) is 1.89. The van der Waals surface area contributed by atoms with Crippen LogP contribution in [0, 0.1) is 13.8 Å². The Morgan fingerprint density at radius 3 is 2.80 bits per heavy atom. The number of hydrogen-bond acceptors (Lipinski definition) is 5. The van der Waals surface area contributed by atoms with Crippen LogP contribution in [0.25, 0.3) is 0 Å². The fourth-order valence-electron chi connectivity index (χ4n) is 2.31. The summed E-state index contributed by atoms with van der Waals surface area (Å²) in [6.45, 7) is 7.90. The number of nitrogens with one attached hydrogen (secondary N) is 1. The van der Waals surface area contributed by atoms with Crippen molar-refractivity contribution in [3.63, 3.8) is 0 Å². The Bertz CT molecular complexity index is 455. The lowest BCUT2D eigenvalue weighted by Gasteiger charge is -2.28. The molecule has 1 amide bonds. The zero-order chi connectivity index (χ0) is 14.5. The van der Waals surface area contributed by atoms with Gasteiger partial charge in [-0.05, 0) is 19.9 Å². The summed E-state index contributed by atoms with van der Waals surface area (Å²) in [4.78, 5) is 16.3. The molecule has 2 heterocycles. The van der Waals surface area contributed by atoms with Crippen LogP contribution in [0.5, 0.6) is 0 Å². The minimum Gasteiger partial charge on any atom is -0.390 e. The second-order valence-electron chi connectivity index (χ2n) is 5.10. The van der Waals surface area contributed by atoms with Gasteiger partial charge in [0, 0.05) is 35.9 Å². The molecule has 1 unspecified atom stereocenters. The summed E-state index contributed by atoms with van der Waals surface area (Å²) in [7, 11) is 0. The van der Waals surface area contributed by atoms with Crippen molar-refractivity contribution in [3.8, 4) is 0 Å². The number of aliphatic hydroxyl groups is 1. The molecule has 112 valence electrons. The zero-order valence-electron chi connectivity index (χ0n) is 12.0. The third-order valence-electron chi connectivity index (χ3n) is 3.36. The molecule has 1 aliphatic rings. The number of carbonyl (C=O) groups excluding carboxylic acids is 1. The predicted molar refractivity (Wildman–Crippen MR) is 79.4 cm³/mol. The maximum atomic E-state index is 12.0. The van der Waals surface area contributed by atoms with Gasteiger partial charge in [0.25, 0.3) is 5.91 Å². The van der Waals surface area contributed by atoms with Gasteiger partial charge in [-0.1, -0.05) is 0 Å². The van der Waals surface area contributed by atoms with Gasteiger partial charge in [-0.3, -0.25) is 9.69 Å². The molecule has 0 saturated carbocycles. The Balaban J connectivity index is 1.76. The van der Waals surface area contributed by atoms with Gasteiger partial charge in [0.15, 0.2) is 0 Å². The number of aliphatic hydroxyl groups excluding tert-OH is 1. The molecule has 0 radical (unpaired) electrons. The van der Waals surface area contributed by atoms with Crippen LogP contribution in [0.2, 0.25) is 0 Å². The Kier molecular flexibility index (Phi) is 5.54. The average molecular weight is 298 g/mol. The van der Waals surface area contributed by atoms with Gasteiger partial charge in [0.2, 0.25) is 0 Å². The summed E-state index contributed by atoms with van der Waals surface area (Å²) in [6.07, 6.45) is -0.544. The van der Waals surface area contributed by atoms with E-state index < -0.39 is 6.10 Å². The molecule has 0 bridgehead atoms. The quantitative estimate of drug-likeness (QED) is 0.843. The van der Waals surface area contributed by atoms with Crippen LogP contribution in [0.15, 0.2) is 6.07 Å². The summed E-state index contributed by atoms with van der Waals surface area (Å²) in [5, 5.41) is 12.8. The first kappa shape index (κ1) is 15.4.